The van der Waals surface area contributed by atoms with Gasteiger partial charge in [0.15, 0.2) is 0 Å². The van der Waals surface area contributed by atoms with E-state index in [4.69, 9.17) is 5.21 Å². The number of carbonyl (C=O) groups excluding carboxylic acids is 2. The van der Waals surface area contributed by atoms with Gasteiger partial charge in [0, 0.05) is 11.6 Å². The predicted octanol–water partition coefficient (Wildman–Crippen LogP) is 2.45. The third-order valence-electron chi connectivity index (χ3n) is 3.27. The van der Waals surface area contributed by atoms with Crippen molar-refractivity contribution in [1.82, 2.24) is 15.8 Å². The van der Waals surface area contributed by atoms with E-state index < -0.39 is 11.3 Å². The van der Waals surface area contributed by atoms with Crippen molar-refractivity contribution in [3.05, 3.63) is 29.6 Å². The van der Waals surface area contributed by atoms with Gasteiger partial charge in [0.1, 0.15) is 0 Å². The first-order chi connectivity index (χ1) is 9.96. The maximum atomic E-state index is 12.3. The smallest absolute Gasteiger partial charge is 0.276 e. The van der Waals surface area contributed by atoms with Gasteiger partial charge < -0.3 is 5.32 Å². The molecule has 3 N–H and O–H groups in total. The topological polar surface area (TPSA) is 91.3 Å². The van der Waals surface area contributed by atoms with Crippen molar-refractivity contribution >= 4 is 11.8 Å². The quantitative estimate of drug-likeness (QED) is 0.591. The van der Waals surface area contributed by atoms with Crippen LogP contribution in [-0.2, 0) is 4.79 Å². The van der Waals surface area contributed by atoms with Crippen LogP contribution in [0.1, 0.15) is 63.6 Å². The number of hydrogen-bond donors (Lipinski definition) is 3. The number of nitrogens with zero attached hydrogens (tertiary/aromatic N) is 1. The Morgan fingerprint density at radius 1 is 1.14 bits per heavy atom. The molecule has 0 aliphatic heterocycles. The molecule has 0 aromatic carbocycles. The molecule has 0 aliphatic rings. The van der Waals surface area contributed by atoms with Gasteiger partial charge in [-0.05, 0) is 17.5 Å². The van der Waals surface area contributed by atoms with Crippen LogP contribution in [0.5, 0.6) is 0 Å². The summed E-state index contributed by atoms with van der Waals surface area (Å²) in [5.74, 6) is -0.684. The van der Waals surface area contributed by atoms with Crippen LogP contribution in [0.3, 0.4) is 0 Å². The summed E-state index contributed by atoms with van der Waals surface area (Å²) in [5.41, 5.74) is 1.74. The zero-order valence-electron chi connectivity index (χ0n) is 14.0. The van der Waals surface area contributed by atoms with Gasteiger partial charge in [0.25, 0.3) is 5.91 Å². The molecule has 1 rings (SSSR count). The SMILES string of the molecule is CC(C)(C)C(=O)N[C@H](c1ccc(C(=O)NO)cn1)C(C)(C)C. The Labute approximate surface area is 131 Å². The minimum atomic E-state index is -0.620. The minimum Gasteiger partial charge on any atom is -0.347 e. The van der Waals surface area contributed by atoms with Crippen LogP contribution in [0.2, 0.25) is 0 Å². The lowest BCUT2D eigenvalue weighted by molar-refractivity contribution is -0.130. The van der Waals surface area contributed by atoms with E-state index in [1.807, 2.05) is 41.5 Å². The summed E-state index contributed by atoms with van der Waals surface area (Å²) in [6.07, 6.45) is 1.38. The van der Waals surface area contributed by atoms with Gasteiger partial charge in [-0.15, -0.1) is 0 Å². The molecule has 0 spiro atoms. The maximum Gasteiger partial charge on any atom is 0.276 e. The zero-order chi connectivity index (χ0) is 17.1. The van der Waals surface area contributed by atoms with E-state index in [9.17, 15) is 9.59 Å². The highest BCUT2D eigenvalue weighted by Gasteiger charge is 2.32. The minimum absolute atomic E-state index is 0.0635. The molecule has 22 heavy (non-hydrogen) atoms. The van der Waals surface area contributed by atoms with Gasteiger partial charge in [-0.2, -0.15) is 0 Å². The van der Waals surface area contributed by atoms with E-state index in [0.717, 1.165) is 0 Å². The highest BCUT2D eigenvalue weighted by Crippen LogP contribution is 2.32. The summed E-state index contributed by atoms with van der Waals surface area (Å²) >= 11 is 0. The lowest BCUT2D eigenvalue weighted by atomic mass is 9.83. The molecule has 122 valence electrons. The first-order valence-electron chi connectivity index (χ1n) is 7.18. The number of pyridine rings is 1. The summed E-state index contributed by atoms with van der Waals surface area (Å²) in [4.78, 5) is 27.9. The molecular formula is C16H25N3O3. The van der Waals surface area contributed by atoms with Crippen LogP contribution in [0.25, 0.3) is 0 Å². The first kappa shape index (κ1) is 18.1. The van der Waals surface area contributed by atoms with Crippen molar-refractivity contribution in [3.63, 3.8) is 0 Å². The van der Waals surface area contributed by atoms with E-state index in [2.05, 4.69) is 10.3 Å². The monoisotopic (exact) mass is 307 g/mol. The molecule has 0 bridgehead atoms. The Balaban J connectivity index is 3.08. The predicted molar refractivity (Wildman–Crippen MR) is 83.3 cm³/mol. The standard InChI is InChI=1S/C16H25N3O3/c1-15(2,3)12(18-14(21)16(4,5)6)11-8-7-10(9-17-11)13(20)19-22/h7-9,12,22H,1-6H3,(H,18,21)(H,19,20)/t12-/m1/s1. The summed E-state index contributed by atoms with van der Waals surface area (Å²) < 4.78 is 0. The molecule has 0 saturated heterocycles. The van der Waals surface area contributed by atoms with Crippen LogP contribution in [0, 0.1) is 10.8 Å². The maximum absolute atomic E-state index is 12.3. The fraction of sp³-hybridized carbons (Fsp3) is 0.562. The number of hydroxylamine groups is 1. The third kappa shape index (κ3) is 4.53. The second-order valence-corrected chi connectivity index (χ2v) is 7.44. The lowest BCUT2D eigenvalue weighted by Crippen LogP contribution is -2.42. The van der Waals surface area contributed by atoms with E-state index in [1.54, 1.807) is 17.6 Å². The Bertz CT molecular complexity index is 539. The molecular weight excluding hydrogens is 282 g/mol. The van der Waals surface area contributed by atoms with Crippen molar-refractivity contribution < 1.29 is 14.8 Å². The Kier molecular flexibility index (Phi) is 5.30. The van der Waals surface area contributed by atoms with Gasteiger partial charge in [-0.3, -0.25) is 19.8 Å². The summed E-state index contributed by atoms with van der Waals surface area (Å²) in [6, 6.07) is 2.96. The summed E-state index contributed by atoms with van der Waals surface area (Å²) in [5, 5.41) is 11.6. The van der Waals surface area contributed by atoms with Gasteiger partial charge in [-0.25, -0.2) is 5.48 Å². The van der Waals surface area contributed by atoms with Gasteiger partial charge in [0.2, 0.25) is 5.91 Å². The van der Waals surface area contributed by atoms with Gasteiger partial charge >= 0.3 is 0 Å². The second kappa shape index (κ2) is 6.44. The average molecular weight is 307 g/mol. The molecule has 1 heterocycles. The van der Waals surface area contributed by atoms with Crippen LogP contribution in [0.4, 0.5) is 0 Å². The summed E-state index contributed by atoms with van der Waals surface area (Å²) in [7, 11) is 0. The van der Waals surface area contributed by atoms with Crippen molar-refractivity contribution in [2.45, 2.75) is 47.6 Å². The third-order valence-corrected chi connectivity index (χ3v) is 3.27. The first-order valence-corrected chi connectivity index (χ1v) is 7.18. The molecule has 0 saturated carbocycles. The number of aromatic nitrogens is 1. The molecule has 0 fully saturated rings. The number of hydrogen-bond acceptors (Lipinski definition) is 4. The Morgan fingerprint density at radius 2 is 1.73 bits per heavy atom. The van der Waals surface area contributed by atoms with E-state index in [1.165, 1.54) is 6.20 Å². The molecule has 2 amide bonds. The van der Waals surface area contributed by atoms with E-state index in [-0.39, 0.29) is 22.9 Å². The van der Waals surface area contributed by atoms with Gasteiger partial charge in [-0.1, -0.05) is 41.5 Å². The molecule has 6 nitrogen and oxygen atoms in total. The fourth-order valence-corrected chi connectivity index (χ4v) is 1.86. The van der Waals surface area contributed by atoms with E-state index in [0.29, 0.717) is 5.69 Å². The van der Waals surface area contributed by atoms with Crippen LogP contribution in [0.15, 0.2) is 18.3 Å². The molecule has 1 atom stereocenters. The molecule has 1 aromatic heterocycles. The Morgan fingerprint density at radius 3 is 2.09 bits per heavy atom. The number of amides is 2. The van der Waals surface area contributed by atoms with Crippen LogP contribution >= 0.6 is 0 Å². The van der Waals surface area contributed by atoms with Crippen molar-refractivity contribution in [2.75, 3.05) is 0 Å². The zero-order valence-corrected chi connectivity index (χ0v) is 14.0. The normalized spacial score (nSPS) is 13.4. The molecule has 6 heteroatoms. The molecule has 0 radical (unpaired) electrons. The lowest BCUT2D eigenvalue weighted by Gasteiger charge is -2.33. The van der Waals surface area contributed by atoms with Crippen molar-refractivity contribution in [3.8, 4) is 0 Å². The second-order valence-electron chi connectivity index (χ2n) is 7.44. The van der Waals surface area contributed by atoms with Crippen LogP contribution < -0.4 is 10.8 Å². The molecule has 1 aromatic rings. The number of rotatable bonds is 3. The van der Waals surface area contributed by atoms with Crippen molar-refractivity contribution in [1.29, 1.82) is 0 Å². The highest BCUT2D eigenvalue weighted by atomic mass is 16.5. The molecule has 0 unspecified atom stereocenters. The average Bonchev–Trinajstić information content (AvgIpc) is 2.41. The fourth-order valence-electron chi connectivity index (χ4n) is 1.86. The molecule has 0 aliphatic carbocycles. The number of carbonyl (C=O) groups is 2. The van der Waals surface area contributed by atoms with Gasteiger partial charge in [0.05, 0.1) is 17.3 Å². The largest absolute Gasteiger partial charge is 0.347 e. The van der Waals surface area contributed by atoms with Crippen molar-refractivity contribution in [2.24, 2.45) is 10.8 Å². The Hall–Kier alpha value is -1.95. The summed E-state index contributed by atoms with van der Waals surface area (Å²) in [6.45, 7) is 11.6. The van der Waals surface area contributed by atoms with Crippen LogP contribution in [-0.4, -0.2) is 22.0 Å². The van der Waals surface area contributed by atoms with E-state index >= 15 is 0 Å². The highest BCUT2D eigenvalue weighted by molar-refractivity contribution is 5.92. The number of nitrogens with one attached hydrogen (secondary N) is 2.